The van der Waals surface area contributed by atoms with Crippen molar-refractivity contribution in [3.05, 3.63) is 53.6 Å². The molecule has 30 heavy (non-hydrogen) atoms. The van der Waals surface area contributed by atoms with Crippen LogP contribution in [0.15, 0.2) is 42.5 Å². The highest BCUT2D eigenvalue weighted by molar-refractivity contribution is 5.85. The third-order valence-corrected chi connectivity index (χ3v) is 4.19. The first-order valence-electron chi connectivity index (χ1n) is 9.75. The van der Waals surface area contributed by atoms with Gasteiger partial charge in [-0.05, 0) is 63.1 Å². The van der Waals surface area contributed by atoms with Gasteiger partial charge in [-0.1, -0.05) is 24.3 Å². The number of nitrogens with one attached hydrogen (secondary N) is 2. The Morgan fingerprint density at radius 3 is 2.33 bits per heavy atom. The number of amides is 1. The van der Waals surface area contributed by atoms with E-state index in [0.717, 1.165) is 24.3 Å². The van der Waals surface area contributed by atoms with Crippen molar-refractivity contribution < 1.29 is 19.0 Å². The summed E-state index contributed by atoms with van der Waals surface area (Å²) in [5, 5.41) is 6.30. The van der Waals surface area contributed by atoms with Gasteiger partial charge in [0.1, 0.15) is 5.75 Å². The number of rotatable bonds is 10. The van der Waals surface area contributed by atoms with Crippen LogP contribution in [0.4, 0.5) is 0 Å². The SMILES string of the molecule is COc1ccccc1CCNCc1ccc(OCC(=O)NC(C)(C)C)c(OC)c1.Cl. The number of para-hydroxylation sites is 1. The summed E-state index contributed by atoms with van der Waals surface area (Å²) in [6.07, 6.45) is 0.880. The van der Waals surface area contributed by atoms with Gasteiger partial charge in [0.15, 0.2) is 18.1 Å². The number of hydrogen-bond acceptors (Lipinski definition) is 5. The molecule has 0 fully saturated rings. The minimum absolute atomic E-state index is 0. The van der Waals surface area contributed by atoms with Crippen molar-refractivity contribution in [2.45, 2.75) is 39.3 Å². The van der Waals surface area contributed by atoms with E-state index in [0.29, 0.717) is 18.0 Å². The first-order chi connectivity index (χ1) is 13.8. The van der Waals surface area contributed by atoms with E-state index in [1.807, 2.05) is 57.2 Å². The Morgan fingerprint density at radius 1 is 0.967 bits per heavy atom. The fourth-order valence-corrected chi connectivity index (χ4v) is 2.90. The van der Waals surface area contributed by atoms with E-state index in [4.69, 9.17) is 14.2 Å². The molecule has 0 atom stereocenters. The molecule has 0 bridgehead atoms. The maximum absolute atomic E-state index is 11.9. The molecule has 0 radical (unpaired) electrons. The number of hydrogen-bond donors (Lipinski definition) is 2. The molecule has 0 aliphatic rings. The molecule has 0 aliphatic carbocycles. The highest BCUT2D eigenvalue weighted by atomic mass is 35.5. The second-order valence-corrected chi connectivity index (χ2v) is 7.81. The van der Waals surface area contributed by atoms with Crippen molar-refractivity contribution in [2.75, 3.05) is 27.4 Å². The third kappa shape index (κ3) is 8.51. The average Bonchev–Trinajstić information content (AvgIpc) is 2.69. The third-order valence-electron chi connectivity index (χ3n) is 4.19. The lowest BCUT2D eigenvalue weighted by molar-refractivity contribution is -0.124. The number of methoxy groups -OCH3 is 2. The van der Waals surface area contributed by atoms with Crippen LogP contribution in [0.3, 0.4) is 0 Å². The van der Waals surface area contributed by atoms with Crippen molar-refractivity contribution in [3.63, 3.8) is 0 Å². The largest absolute Gasteiger partial charge is 0.496 e. The summed E-state index contributed by atoms with van der Waals surface area (Å²) in [6.45, 7) is 7.28. The van der Waals surface area contributed by atoms with Gasteiger partial charge in [0.25, 0.3) is 5.91 Å². The van der Waals surface area contributed by atoms with Crippen LogP contribution in [0.1, 0.15) is 31.9 Å². The van der Waals surface area contributed by atoms with E-state index in [2.05, 4.69) is 16.7 Å². The first-order valence-corrected chi connectivity index (χ1v) is 9.75. The van der Waals surface area contributed by atoms with E-state index < -0.39 is 0 Å². The standard InChI is InChI=1S/C23H32N2O4.ClH/c1-23(2,3)25-22(26)16-29-20-11-10-17(14-21(20)28-5)15-24-13-12-18-8-6-7-9-19(18)27-4;/h6-11,14,24H,12-13,15-16H2,1-5H3,(H,25,26);1H. The first kappa shape index (κ1) is 25.6. The number of ether oxygens (including phenoxy) is 3. The molecule has 2 N–H and O–H groups in total. The molecule has 2 aromatic rings. The van der Waals surface area contributed by atoms with Crippen molar-refractivity contribution in [1.82, 2.24) is 10.6 Å². The van der Waals surface area contributed by atoms with E-state index in [9.17, 15) is 4.79 Å². The van der Waals surface area contributed by atoms with E-state index >= 15 is 0 Å². The smallest absolute Gasteiger partial charge is 0.258 e. The predicted molar refractivity (Wildman–Crippen MR) is 122 cm³/mol. The highest BCUT2D eigenvalue weighted by Crippen LogP contribution is 2.28. The Morgan fingerprint density at radius 2 is 1.67 bits per heavy atom. The van der Waals surface area contributed by atoms with Crippen LogP contribution in [0.25, 0.3) is 0 Å². The van der Waals surface area contributed by atoms with Crippen molar-refractivity contribution in [3.8, 4) is 17.2 Å². The molecule has 0 aliphatic heterocycles. The van der Waals surface area contributed by atoms with Gasteiger partial charge < -0.3 is 24.8 Å². The van der Waals surface area contributed by atoms with Crippen molar-refractivity contribution in [2.24, 2.45) is 0 Å². The Kier molecular flexibility index (Phi) is 10.5. The van der Waals surface area contributed by atoms with E-state index in [1.165, 1.54) is 5.56 Å². The Balaban J connectivity index is 0.00000450. The molecule has 6 nitrogen and oxygen atoms in total. The van der Waals surface area contributed by atoms with Crippen LogP contribution >= 0.6 is 12.4 Å². The van der Waals surface area contributed by atoms with Gasteiger partial charge in [-0.15, -0.1) is 12.4 Å². The molecule has 0 aromatic heterocycles. The molecule has 7 heteroatoms. The average molecular weight is 437 g/mol. The minimum Gasteiger partial charge on any atom is -0.496 e. The van der Waals surface area contributed by atoms with Crippen LogP contribution in [0, 0.1) is 0 Å². The zero-order chi connectivity index (χ0) is 21.3. The van der Waals surface area contributed by atoms with Crippen molar-refractivity contribution in [1.29, 1.82) is 0 Å². The van der Waals surface area contributed by atoms with Crippen LogP contribution < -0.4 is 24.8 Å². The lowest BCUT2D eigenvalue weighted by Crippen LogP contribution is -2.43. The summed E-state index contributed by atoms with van der Waals surface area (Å²) < 4.78 is 16.4. The predicted octanol–water partition coefficient (Wildman–Crippen LogP) is 3.75. The molecular formula is C23H33ClN2O4. The van der Waals surface area contributed by atoms with Gasteiger partial charge in [0.2, 0.25) is 0 Å². The van der Waals surface area contributed by atoms with Gasteiger partial charge >= 0.3 is 0 Å². The summed E-state index contributed by atoms with van der Waals surface area (Å²) in [7, 11) is 3.28. The Labute approximate surface area is 185 Å². The zero-order valence-corrected chi connectivity index (χ0v) is 19.2. The maximum atomic E-state index is 11.9. The minimum atomic E-state index is -0.288. The molecule has 2 rings (SSSR count). The van der Waals surface area contributed by atoms with Crippen LogP contribution in [0.2, 0.25) is 0 Å². The lowest BCUT2D eigenvalue weighted by Gasteiger charge is -2.20. The van der Waals surface area contributed by atoms with E-state index in [-0.39, 0.29) is 30.5 Å². The lowest BCUT2D eigenvalue weighted by atomic mass is 10.1. The number of carbonyl (C=O) groups is 1. The van der Waals surface area contributed by atoms with Crippen LogP contribution in [-0.4, -0.2) is 38.8 Å². The maximum Gasteiger partial charge on any atom is 0.258 e. The van der Waals surface area contributed by atoms with Crippen LogP contribution in [-0.2, 0) is 17.8 Å². The zero-order valence-electron chi connectivity index (χ0n) is 18.4. The van der Waals surface area contributed by atoms with Gasteiger partial charge in [0.05, 0.1) is 14.2 Å². The molecule has 0 spiro atoms. The molecule has 0 saturated heterocycles. The second kappa shape index (κ2) is 12.3. The topological polar surface area (TPSA) is 68.8 Å². The summed E-state index contributed by atoms with van der Waals surface area (Å²) >= 11 is 0. The fourth-order valence-electron chi connectivity index (χ4n) is 2.90. The number of carbonyl (C=O) groups excluding carboxylic acids is 1. The summed E-state index contributed by atoms with van der Waals surface area (Å²) in [4.78, 5) is 11.9. The normalized spacial score (nSPS) is 10.7. The summed E-state index contributed by atoms with van der Waals surface area (Å²) in [6, 6.07) is 13.8. The highest BCUT2D eigenvalue weighted by Gasteiger charge is 2.15. The monoisotopic (exact) mass is 436 g/mol. The molecular weight excluding hydrogens is 404 g/mol. The van der Waals surface area contributed by atoms with Crippen LogP contribution in [0.5, 0.6) is 17.2 Å². The molecule has 0 saturated carbocycles. The molecule has 166 valence electrons. The molecule has 0 heterocycles. The van der Waals surface area contributed by atoms with Crippen molar-refractivity contribution >= 4 is 18.3 Å². The van der Waals surface area contributed by atoms with Gasteiger partial charge in [-0.2, -0.15) is 0 Å². The summed E-state index contributed by atoms with van der Waals surface area (Å²) in [5.74, 6) is 1.90. The molecule has 1 amide bonds. The number of benzene rings is 2. The molecule has 2 aromatic carbocycles. The van der Waals surface area contributed by atoms with E-state index in [1.54, 1.807) is 14.2 Å². The van der Waals surface area contributed by atoms with Gasteiger partial charge in [-0.25, -0.2) is 0 Å². The van der Waals surface area contributed by atoms with Gasteiger partial charge in [-0.3, -0.25) is 4.79 Å². The summed E-state index contributed by atoms with van der Waals surface area (Å²) in [5.41, 5.74) is 1.97. The fraction of sp³-hybridized carbons (Fsp3) is 0.435. The number of halogens is 1. The Bertz CT molecular complexity index is 806. The molecule has 0 unspecified atom stereocenters. The van der Waals surface area contributed by atoms with Gasteiger partial charge in [0, 0.05) is 12.1 Å². The Hall–Kier alpha value is -2.44. The quantitative estimate of drug-likeness (QED) is 0.555. The second-order valence-electron chi connectivity index (χ2n) is 7.81.